The van der Waals surface area contributed by atoms with Crippen molar-refractivity contribution in [3.8, 4) is 0 Å². The molecule has 19 heavy (non-hydrogen) atoms. The molecule has 1 unspecified atom stereocenters. The van der Waals surface area contributed by atoms with Crippen LogP contribution in [0.5, 0.6) is 0 Å². The van der Waals surface area contributed by atoms with Gasteiger partial charge in [0.05, 0.1) is 6.04 Å². The molecule has 0 radical (unpaired) electrons. The molecule has 1 aromatic carbocycles. The molecule has 1 aromatic heterocycles. The second-order valence-electron chi connectivity index (χ2n) is 4.38. The fraction of sp³-hybridized carbons (Fsp3) is 0.385. The van der Waals surface area contributed by atoms with Crippen LogP contribution in [0.3, 0.4) is 0 Å². The Bertz CT molecular complexity index is 619. The molecule has 4 nitrogen and oxygen atoms in total. The van der Waals surface area contributed by atoms with Crippen molar-refractivity contribution in [2.75, 3.05) is 11.9 Å². The van der Waals surface area contributed by atoms with E-state index in [1.165, 1.54) is 0 Å². The monoisotopic (exact) mass is 296 g/mol. The number of rotatable bonds is 4. The molecule has 0 fully saturated rings. The lowest BCUT2D eigenvalue weighted by Crippen LogP contribution is -2.25. The molecule has 2 aromatic rings. The van der Waals surface area contributed by atoms with Gasteiger partial charge < -0.3 is 4.90 Å². The average Bonchev–Trinajstić information content (AvgIpc) is 2.78. The molecule has 102 valence electrons. The largest absolute Gasteiger partial charge is 0.337 e. The lowest BCUT2D eigenvalue weighted by molar-refractivity contribution is 0.663. The van der Waals surface area contributed by atoms with E-state index < -0.39 is 0 Å². The van der Waals surface area contributed by atoms with Crippen LogP contribution >= 0.6 is 23.8 Å². The van der Waals surface area contributed by atoms with E-state index in [0.29, 0.717) is 4.77 Å². The Labute approximate surface area is 123 Å². The maximum Gasteiger partial charge on any atom is 0.225 e. The molecule has 0 aliphatic heterocycles. The second-order valence-corrected chi connectivity index (χ2v) is 5.18. The third-order valence-electron chi connectivity index (χ3n) is 3.31. The van der Waals surface area contributed by atoms with Gasteiger partial charge in [-0.2, -0.15) is 0 Å². The van der Waals surface area contributed by atoms with Crippen LogP contribution in [0.2, 0.25) is 5.02 Å². The zero-order chi connectivity index (χ0) is 14.0. The van der Waals surface area contributed by atoms with Crippen molar-refractivity contribution in [1.82, 2.24) is 14.8 Å². The number of aromatic nitrogens is 3. The summed E-state index contributed by atoms with van der Waals surface area (Å²) in [4.78, 5) is 2.07. The standard InChI is InChI=1S/C13H17ClN4S/c1-4-18-12(15-16-13(18)19)17(3)9(2)10-7-5-6-8-11(10)14/h5-9H,4H2,1-3H3,(H,16,19). The minimum absolute atomic E-state index is 0.115. The first kappa shape index (κ1) is 14.1. The second kappa shape index (κ2) is 5.75. The number of aromatic amines is 1. The highest BCUT2D eigenvalue weighted by Gasteiger charge is 2.19. The summed E-state index contributed by atoms with van der Waals surface area (Å²) in [5.41, 5.74) is 1.07. The maximum absolute atomic E-state index is 6.25. The molecule has 2 rings (SSSR count). The summed E-state index contributed by atoms with van der Waals surface area (Å²) in [5.74, 6) is 0.819. The van der Waals surface area contributed by atoms with Crippen LogP contribution in [0.25, 0.3) is 0 Å². The molecule has 6 heteroatoms. The molecule has 0 aliphatic carbocycles. The highest BCUT2D eigenvalue weighted by atomic mass is 35.5. The summed E-state index contributed by atoms with van der Waals surface area (Å²) in [6.45, 7) is 4.92. The third-order valence-corrected chi connectivity index (χ3v) is 3.96. The van der Waals surface area contributed by atoms with Crippen molar-refractivity contribution in [3.05, 3.63) is 39.6 Å². The summed E-state index contributed by atoms with van der Waals surface area (Å²) in [7, 11) is 1.99. The maximum atomic E-state index is 6.25. The van der Waals surface area contributed by atoms with Crippen LogP contribution in [0.4, 0.5) is 5.95 Å². The van der Waals surface area contributed by atoms with E-state index >= 15 is 0 Å². The van der Waals surface area contributed by atoms with Crippen molar-refractivity contribution < 1.29 is 0 Å². The Balaban J connectivity index is 2.36. The molecule has 0 saturated heterocycles. The van der Waals surface area contributed by atoms with Gasteiger partial charge in [-0.3, -0.25) is 4.57 Å². The fourth-order valence-electron chi connectivity index (χ4n) is 2.06. The Morgan fingerprint density at radius 3 is 2.79 bits per heavy atom. The molecule has 0 amide bonds. The highest BCUT2D eigenvalue weighted by molar-refractivity contribution is 7.71. The third kappa shape index (κ3) is 2.67. The number of halogens is 1. The first-order valence-electron chi connectivity index (χ1n) is 6.18. The summed E-state index contributed by atoms with van der Waals surface area (Å²) in [6.07, 6.45) is 0. The quantitative estimate of drug-likeness (QED) is 0.872. The van der Waals surface area contributed by atoms with Gasteiger partial charge >= 0.3 is 0 Å². The zero-order valence-electron chi connectivity index (χ0n) is 11.2. The van der Waals surface area contributed by atoms with Crippen LogP contribution in [0.1, 0.15) is 25.5 Å². The summed E-state index contributed by atoms with van der Waals surface area (Å²) < 4.78 is 2.60. The predicted octanol–water partition coefficient (Wildman–Crippen LogP) is 3.81. The number of nitrogens with one attached hydrogen (secondary N) is 1. The van der Waals surface area contributed by atoms with Gasteiger partial charge in [-0.1, -0.05) is 29.8 Å². The first-order valence-corrected chi connectivity index (χ1v) is 6.97. The molecule has 0 bridgehead atoms. The Morgan fingerprint density at radius 2 is 2.16 bits per heavy atom. The number of hydrogen-bond acceptors (Lipinski definition) is 3. The molecule has 0 aliphatic rings. The number of nitrogens with zero attached hydrogens (tertiary/aromatic N) is 3. The normalized spacial score (nSPS) is 12.4. The molecule has 1 atom stereocenters. The topological polar surface area (TPSA) is 36.9 Å². The number of anilines is 1. The number of hydrogen-bond donors (Lipinski definition) is 1. The van der Waals surface area contributed by atoms with Gasteiger partial charge in [0.2, 0.25) is 5.95 Å². The van der Waals surface area contributed by atoms with Crippen LogP contribution < -0.4 is 4.90 Å². The Kier molecular flexibility index (Phi) is 4.27. The van der Waals surface area contributed by atoms with E-state index in [-0.39, 0.29) is 6.04 Å². The van der Waals surface area contributed by atoms with Crippen molar-refractivity contribution in [2.45, 2.75) is 26.4 Å². The van der Waals surface area contributed by atoms with E-state index in [1.54, 1.807) is 0 Å². The summed E-state index contributed by atoms with van der Waals surface area (Å²) in [5, 5.41) is 7.89. The molecular weight excluding hydrogens is 280 g/mol. The van der Waals surface area contributed by atoms with Gasteiger partial charge in [-0.15, -0.1) is 5.10 Å². The van der Waals surface area contributed by atoms with Gasteiger partial charge in [-0.05, 0) is 37.7 Å². The molecule has 0 spiro atoms. The van der Waals surface area contributed by atoms with Gasteiger partial charge in [0, 0.05) is 18.6 Å². The minimum atomic E-state index is 0.115. The Hall–Kier alpha value is -1.33. The fourth-order valence-corrected chi connectivity index (χ4v) is 2.61. The van der Waals surface area contributed by atoms with Gasteiger partial charge in [-0.25, -0.2) is 5.10 Å². The lowest BCUT2D eigenvalue weighted by Gasteiger charge is -2.26. The smallest absolute Gasteiger partial charge is 0.225 e. The number of H-pyrrole nitrogens is 1. The van der Waals surface area contributed by atoms with Crippen LogP contribution in [-0.4, -0.2) is 21.8 Å². The van der Waals surface area contributed by atoms with Crippen LogP contribution in [0, 0.1) is 4.77 Å². The molecular formula is C13H17ClN4S. The van der Waals surface area contributed by atoms with Gasteiger partial charge in [0.1, 0.15) is 0 Å². The average molecular weight is 297 g/mol. The van der Waals surface area contributed by atoms with E-state index in [0.717, 1.165) is 23.1 Å². The van der Waals surface area contributed by atoms with E-state index in [9.17, 15) is 0 Å². The molecule has 0 saturated carbocycles. The summed E-state index contributed by atoms with van der Waals surface area (Å²) >= 11 is 11.5. The van der Waals surface area contributed by atoms with Crippen LogP contribution in [-0.2, 0) is 6.54 Å². The van der Waals surface area contributed by atoms with Crippen molar-refractivity contribution in [1.29, 1.82) is 0 Å². The van der Waals surface area contributed by atoms with Crippen LogP contribution in [0.15, 0.2) is 24.3 Å². The Morgan fingerprint density at radius 1 is 1.47 bits per heavy atom. The molecule has 1 heterocycles. The van der Waals surface area contributed by atoms with Crippen molar-refractivity contribution in [3.63, 3.8) is 0 Å². The van der Waals surface area contributed by atoms with Crippen molar-refractivity contribution >= 4 is 29.8 Å². The first-order chi connectivity index (χ1) is 9.06. The molecule has 1 N–H and O–H groups in total. The predicted molar refractivity (Wildman–Crippen MR) is 81.4 cm³/mol. The van der Waals surface area contributed by atoms with Gasteiger partial charge in [0.25, 0.3) is 0 Å². The van der Waals surface area contributed by atoms with E-state index in [1.807, 2.05) is 42.8 Å². The van der Waals surface area contributed by atoms with Crippen molar-refractivity contribution in [2.24, 2.45) is 0 Å². The lowest BCUT2D eigenvalue weighted by atomic mass is 10.1. The minimum Gasteiger partial charge on any atom is -0.337 e. The SMILES string of the molecule is CCn1c(N(C)C(C)c2ccccc2Cl)n[nH]c1=S. The summed E-state index contributed by atoms with van der Waals surface area (Å²) in [6, 6.07) is 7.96. The highest BCUT2D eigenvalue weighted by Crippen LogP contribution is 2.28. The zero-order valence-corrected chi connectivity index (χ0v) is 12.8. The van der Waals surface area contributed by atoms with E-state index in [4.69, 9.17) is 23.8 Å². The van der Waals surface area contributed by atoms with Gasteiger partial charge in [0.15, 0.2) is 4.77 Å². The number of benzene rings is 1. The van der Waals surface area contributed by atoms with E-state index in [2.05, 4.69) is 22.0 Å².